The molecule has 3 N–H and O–H groups in total. The Bertz CT molecular complexity index is 1320. The summed E-state index contributed by atoms with van der Waals surface area (Å²) in [6, 6.07) is 9.90. The molecule has 10 nitrogen and oxygen atoms in total. The number of benzene rings is 1. The standard InChI is InChI=1S/C23H18N6O4/c1-33-16-4-3-15-12-29(20(30)17(15)10-16)13-23(21(31)26-22(32)27-23)8-6-14-2-5-18(24-11-14)19-7-9-25-28-19/h2-5,7,9-11H,12-13H2,1H3,(H,25,28)(H2,26,27,31,32). The summed E-state index contributed by atoms with van der Waals surface area (Å²) in [5.41, 5.74) is 1.73. The fourth-order valence-corrected chi connectivity index (χ4v) is 3.82. The first kappa shape index (κ1) is 20.3. The Kier molecular flexibility index (Phi) is 4.79. The van der Waals surface area contributed by atoms with Crippen LogP contribution in [0.15, 0.2) is 48.8 Å². The molecule has 0 spiro atoms. The second-order valence-electron chi connectivity index (χ2n) is 7.65. The minimum Gasteiger partial charge on any atom is -0.497 e. The van der Waals surface area contributed by atoms with Gasteiger partial charge >= 0.3 is 6.03 Å². The molecule has 4 heterocycles. The lowest BCUT2D eigenvalue weighted by Crippen LogP contribution is -2.54. The number of pyridine rings is 1. The van der Waals surface area contributed by atoms with Gasteiger partial charge in [-0.15, -0.1) is 0 Å². The third-order valence-corrected chi connectivity index (χ3v) is 5.53. The van der Waals surface area contributed by atoms with Crippen LogP contribution in [0.25, 0.3) is 11.4 Å². The average Bonchev–Trinajstić information content (AvgIpc) is 3.52. The van der Waals surface area contributed by atoms with E-state index in [0.717, 1.165) is 11.3 Å². The number of carbonyl (C=O) groups is 3. The van der Waals surface area contributed by atoms with Gasteiger partial charge in [0.1, 0.15) is 5.75 Å². The number of fused-ring (bicyclic) bond motifs is 1. The predicted molar refractivity (Wildman–Crippen MR) is 116 cm³/mol. The first-order chi connectivity index (χ1) is 16.0. The van der Waals surface area contributed by atoms with Gasteiger partial charge in [-0.05, 0) is 35.9 Å². The molecule has 3 aromatic rings. The number of methoxy groups -OCH3 is 1. The summed E-state index contributed by atoms with van der Waals surface area (Å²) in [6.07, 6.45) is 3.19. The van der Waals surface area contributed by atoms with Gasteiger partial charge < -0.3 is 15.0 Å². The van der Waals surface area contributed by atoms with E-state index in [4.69, 9.17) is 4.74 Å². The van der Waals surface area contributed by atoms with Gasteiger partial charge in [-0.1, -0.05) is 17.9 Å². The van der Waals surface area contributed by atoms with E-state index in [1.54, 1.807) is 42.7 Å². The zero-order valence-corrected chi connectivity index (χ0v) is 17.5. The molecular formula is C23H18N6O4. The topological polar surface area (TPSA) is 129 Å². The van der Waals surface area contributed by atoms with Gasteiger partial charge in [-0.2, -0.15) is 5.10 Å². The quantitative estimate of drug-likeness (QED) is 0.409. The molecule has 5 rings (SSSR count). The third kappa shape index (κ3) is 3.65. The fraction of sp³-hybridized carbons (Fsp3) is 0.174. The second kappa shape index (κ2) is 7.80. The number of ether oxygens (including phenoxy) is 1. The lowest BCUT2D eigenvalue weighted by atomic mass is 9.99. The van der Waals surface area contributed by atoms with Gasteiger partial charge in [0.05, 0.1) is 25.0 Å². The predicted octanol–water partition coefficient (Wildman–Crippen LogP) is 1.07. The Labute approximate surface area is 188 Å². The van der Waals surface area contributed by atoms with Crippen LogP contribution < -0.4 is 15.4 Å². The maximum atomic E-state index is 13.0. The normalized spacial score (nSPS) is 18.9. The molecule has 0 bridgehead atoms. The summed E-state index contributed by atoms with van der Waals surface area (Å²) in [5.74, 6) is 5.48. The maximum absolute atomic E-state index is 13.0. The molecule has 4 amide bonds. The summed E-state index contributed by atoms with van der Waals surface area (Å²) in [6.45, 7) is 0.193. The minimum atomic E-state index is -1.58. The van der Waals surface area contributed by atoms with E-state index >= 15 is 0 Å². The number of rotatable bonds is 4. The van der Waals surface area contributed by atoms with Gasteiger partial charge in [0.15, 0.2) is 0 Å². The molecule has 1 saturated heterocycles. The van der Waals surface area contributed by atoms with Crippen molar-refractivity contribution in [1.82, 2.24) is 30.7 Å². The van der Waals surface area contributed by atoms with Crippen molar-refractivity contribution in [1.29, 1.82) is 0 Å². The number of nitrogens with zero attached hydrogens (tertiary/aromatic N) is 3. The number of aromatic amines is 1. The van der Waals surface area contributed by atoms with Gasteiger partial charge in [0.25, 0.3) is 11.8 Å². The average molecular weight is 442 g/mol. The van der Waals surface area contributed by atoms with Crippen LogP contribution in [0.4, 0.5) is 4.79 Å². The van der Waals surface area contributed by atoms with Gasteiger partial charge in [-0.25, -0.2) is 4.79 Å². The van der Waals surface area contributed by atoms with E-state index in [9.17, 15) is 14.4 Å². The number of amides is 4. The van der Waals surface area contributed by atoms with Crippen molar-refractivity contribution in [3.8, 4) is 29.0 Å². The number of aromatic nitrogens is 3. The molecular weight excluding hydrogens is 424 g/mol. The molecule has 2 aliphatic rings. The Hall–Kier alpha value is -4.65. The Morgan fingerprint density at radius 2 is 2.06 bits per heavy atom. The van der Waals surface area contributed by atoms with Crippen LogP contribution in [0, 0.1) is 11.8 Å². The Morgan fingerprint density at radius 3 is 2.73 bits per heavy atom. The molecule has 33 heavy (non-hydrogen) atoms. The molecule has 0 saturated carbocycles. The Balaban J connectivity index is 1.42. The van der Waals surface area contributed by atoms with Crippen LogP contribution in [0.5, 0.6) is 5.75 Å². The number of carbonyl (C=O) groups excluding carboxylic acids is 3. The Morgan fingerprint density at radius 1 is 1.18 bits per heavy atom. The number of hydrogen-bond donors (Lipinski definition) is 3. The van der Waals surface area contributed by atoms with Crippen molar-refractivity contribution >= 4 is 17.8 Å². The van der Waals surface area contributed by atoms with Crippen LogP contribution in [-0.4, -0.2) is 57.1 Å². The number of imide groups is 1. The van der Waals surface area contributed by atoms with Crippen LogP contribution in [0.1, 0.15) is 21.5 Å². The fourth-order valence-electron chi connectivity index (χ4n) is 3.82. The highest BCUT2D eigenvalue weighted by Gasteiger charge is 2.48. The monoisotopic (exact) mass is 442 g/mol. The smallest absolute Gasteiger partial charge is 0.323 e. The molecule has 1 atom stereocenters. The van der Waals surface area contributed by atoms with E-state index in [2.05, 4.69) is 37.7 Å². The van der Waals surface area contributed by atoms with Gasteiger partial charge in [-0.3, -0.25) is 25.0 Å². The highest BCUT2D eigenvalue weighted by Crippen LogP contribution is 2.28. The van der Waals surface area contributed by atoms with Crippen molar-refractivity contribution in [3.05, 3.63) is 65.5 Å². The van der Waals surface area contributed by atoms with Crippen molar-refractivity contribution in [2.45, 2.75) is 12.1 Å². The first-order valence-corrected chi connectivity index (χ1v) is 10.1. The molecule has 1 aromatic carbocycles. The van der Waals surface area contributed by atoms with Crippen LogP contribution >= 0.6 is 0 Å². The summed E-state index contributed by atoms with van der Waals surface area (Å²) >= 11 is 0. The van der Waals surface area contributed by atoms with Crippen LogP contribution in [0.3, 0.4) is 0 Å². The summed E-state index contributed by atoms with van der Waals surface area (Å²) in [7, 11) is 1.53. The highest BCUT2D eigenvalue weighted by molar-refractivity contribution is 6.10. The molecule has 1 fully saturated rings. The van der Waals surface area contributed by atoms with Gasteiger partial charge in [0, 0.05) is 30.1 Å². The second-order valence-corrected chi connectivity index (χ2v) is 7.65. The minimum absolute atomic E-state index is 0.104. The van der Waals surface area contributed by atoms with E-state index in [0.29, 0.717) is 29.1 Å². The molecule has 1 unspecified atom stereocenters. The molecule has 0 radical (unpaired) electrons. The molecule has 10 heteroatoms. The van der Waals surface area contributed by atoms with Gasteiger partial charge in [0.2, 0.25) is 5.54 Å². The first-order valence-electron chi connectivity index (χ1n) is 10.1. The van der Waals surface area contributed by atoms with Crippen molar-refractivity contribution in [2.24, 2.45) is 0 Å². The van der Waals surface area contributed by atoms with Crippen LogP contribution in [0.2, 0.25) is 0 Å². The maximum Gasteiger partial charge on any atom is 0.323 e. The van der Waals surface area contributed by atoms with E-state index < -0.39 is 17.5 Å². The summed E-state index contributed by atoms with van der Waals surface area (Å²) in [5, 5.41) is 11.5. The van der Waals surface area contributed by atoms with E-state index in [1.807, 2.05) is 6.07 Å². The van der Waals surface area contributed by atoms with Crippen molar-refractivity contribution in [3.63, 3.8) is 0 Å². The number of hydrogen-bond acceptors (Lipinski definition) is 6. The lowest BCUT2D eigenvalue weighted by Gasteiger charge is -2.26. The molecule has 2 aliphatic heterocycles. The SMILES string of the molecule is COc1ccc2c(c1)C(=O)N(CC1(C#Cc3ccc(-c4ccn[nH]4)nc3)NC(=O)NC1=O)C2. The number of nitrogens with one attached hydrogen (secondary N) is 3. The largest absolute Gasteiger partial charge is 0.497 e. The van der Waals surface area contributed by atoms with Crippen LogP contribution in [-0.2, 0) is 11.3 Å². The molecule has 164 valence electrons. The number of urea groups is 1. The third-order valence-electron chi connectivity index (χ3n) is 5.53. The zero-order chi connectivity index (χ0) is 23.0. The molecule has 0 aliphatic carbocycles. The highest BCUT2D eigenvalue weighted by atomic mass is 16.5. The van der Waals surface area contributed by atoms with E-state index in [1.165, 1.54) is 12.0 Å². The molecule has 2 aromatic heterocycles. The lowest BCUT2D eigenvalue weighted by molar-refractivity contribution is -0.122. The number of H-pyrrole nitrogens is 1. The van der Waals surface area contributed by atoms with E-state index in [-0.39, 0.29) is 12.5 Å². The summed E-state index contributed by atoms with van der Waals surface area (Å²) in [4.78, 5) is 43.5. The summed E-state index contributed by atoms with van der Waals surface area (Å²) < 4.78 is 5.20. The zero-order valence-electron chi connectivity index (χ0n) is 17.5. The van der Waals surface area contributed by atoms with Crippen molar-refractivity contribution in [2.75, 3.05) is 13.7 Å². The van der Waals surface area contributed by atoms with Crippen molar-refractivity contribution < 1.29 is 19.1 Å².